The van der Waals surface area contributed by atoms with Crippen LogP contribution in [0.1, 0.15) is 150 Å². The predicted molar refractivity (Wildman–Crippen MR) is 396 cm³/mol. The van der Waals surface area contributed by atoms with Gasteiger partial charge in [0.25, 0.3) is 11.8 Å². The van der Waals surface area contributed by atoms with Crippen molar-refractivity contribution >= 4 is 82.4 Å². The van der Waals surface area contributed by atoms with E-state index in [0.717, 1.165) is 10.5 Å². The van der Waals surface area contributed by atoms with Gasteiger partial charge in [0.05, 0.1) is 48.7 Å². The third-order valence-corrected chi connectivity index (χ3v) is 19.7. The Labute approximate surface area is 613 Å². The number of likely N-dealkylation sites (N-methyl/N-ethyl adjacent to an activating group) is 2. The second kappa shape index (κ2) is 42.6. The Morgan fingerprint density at radius 1 is 0.635 bits per heavy atom. The molecule has 1 saturated heterocycles. The number of unbranched alkanes of at least 4 members (excludes halogenated alkanes) is 2. The van der Waals surface area contributed by atoms with Crippen molar-refractivity contribution in [2.45, 2.75) is 207 Å². The number of nitrogens with two attached hydrogens (primary N) is 1. The third-order valence-electron chi connectivity index (χ3n) is 19.7. The normalized spacial score (nSPS) is 16.8. The molecule has 1 fully saturated rings. The topological polar surface area (TPSA) is 356 Å². The van der Waals surface area contributed by atoms with Crippen LogP contribution in [0.4, 0.5) is 21.0 Å². The molecule has 3 aromatic carbocycles. The maximum Gasteiger partial charge on any atom is 0.411 e. The van der Waals surface area contributed by atoms with Gasteiger partial charge in [0.1, 0.15) is 24.7 Å². The molecule has 2 heterocycles. The number of nitrogens with zero attached hydrogens (tertiary/aromatic N) is 4. The van der Waals surface area contributed by atoms with E-state index in [4.69, 9.17) is 19.9 Å². The molecule has 0 spiro atoms. The van der Waals surface area contributed by atoms with E-state index in [0.29, 0.717) is 74.0 Å². The molecular formula is C77H114N12O15. The van der Waals surface area contributed by atoms with Gasteiger partial charge >= 0.3 is 12.1 Å². The van der Waals surface area contributed by atoms with Crippen molar-refractivity contribution < 1.29 is 71.7 Å². The van der Waals surface area contributed by atoms with Gasteiger partial charge in [-0.25, -0.2) is 9.59 Å². The van der Waals surface area contributed by atoms with Gasteiger partial charge in [0, 0.05) is 77.3 Å². The molecule has 0 radical (unpaired) electrons. The molecule has 104 heavy (non-hydrogen) atoms. The summed E-state index contributed by atoms with van der Waals surface area (Å²) in [6, 6.07) is 16.3. The highest BCUT2D eigenvalue weighted by Gasteiger charge is 2.44. The molecule has 0 aromatic heterocycles. The zero-order chi connectivity index (χ0) is 76.9. The van der Waals surface area contributed by atoms with Crippen molar-refractivity contribution in [1.29, 1.82) is 0 Å². The fourth-order valence-electron chi connectivity index (χ4n) is 13.4. The number of nitrogens with one attached hydrogen (secondary N) is 7. The van der Waals surface area contributed by atoms with Gasteiger partial charge in [-0.05, 0) is 124 Å². The fourth-order valence-corrected chi connectivity index (χ4v) is 13.4. The van der Waals surface area contributed by atoms with E-state index in [1.54, 1.807) is 86.1 Å². The number of hydrogen-bond acceptors (Lipinski definition) is 16. The number of imide groups is 1. The lowest BCUT2D eigenvalue weighted by molar-refractivity contribution is -0.148. The molecule has 12 atom stereocenters. The van der Waals surface area contributed by atoms with Gasteiger partial charge < -0.3 is 61.6 Å². The van der Waals surface area contributed by atoms with E-state index < -0.39 is 90.3 Å². The first-order chi connectivity index (χ1) is 49.4. The molecule has 0 unspecified atom stereocenters. The summed E-state index contributed by atoms with van der Waals surface area (Å²) >= 11 is 0. The van der Waals surface area contributed by atoms with Crippen LogP contribution in [0.3, 0.4) is 0 Å². The maximum atomic E-state index is 14.7. The Balaban J connectivity index is 1.17. The summed E-state index contributed by atoms with van der Waals surface area (Å²) < 4.78 is 17.8. The van der Waals surface area contributed by atoms with Gasteiger partial charge in [-0.2, -0.15) is 0 Å². The third kappa shape index (κ3) is 26.0. The summed E-state index contributed by atoms with van der Waals surface area (Å²) in [5, 5.41) is 19.6. The van der Waals surface area contributed by atoms with Gasteiger partial charge in [0.15, 0.2) is 5.78 Å². The lowest BCUT2D eigenvalue weighted by atomic mass is 9.88. The number of carbonyl (C=O) groups excluding carboxylic acids is 12. The minimum absolute atomic E-state index is 0.00623. The van der Waals surface area contributed by atoms with E-state index in [9.17, 15) is 57.5 Å². The number of primary amides is 1. The second-order valence-corrected chi connectivity index (χ2v) is 28.3. The number of urea groups is 1. The Kier molecular flexibility index (Phi) is 35.1. The maximum absolute atomic E-state index is 14.7. The zero-order valence-corrected chi connectivity index (χ0v) is 63.3. The van der Waals surface area contributed by atoms with E-state index >= 15 is 0 Å². The molecule has 3 aromatic rings. The van der Waals surface area contributed by atoms with Crippen molar-refractivity contribution in [2.24, 2.45) is 35.3 Å². The SMILES string of the molecule is CC[C@@H](C)[C@H](NC(=O)[C@H](C(C)C)N(C)C)C(=O)N(C)[C@@H]([C@@H](C)CC)[C@@H](CC(=O)N1CCC[C@H]1[C@H](OC)[C@@H](C)C(=O)N[C@@H](Cc1ccccc1)C(=O)Cc1ccc(NC(=O)OCc2ccc(NC(=O)[C@H](CCCNC(N)=O)NC(=O)[C@@H](NC(=O)CCCCCN3C(=O)C=CC3=O)C(C)C)cc2)cc1)OC. The smallest absolute Gasteiger partial charge is 0.411 e. The Hall–Kier alpha value is -9.08. The molecule has 9 N–H and O–H groups in total. The van der Waals surface area contributed by atoms with Crippen molar-refractivity contribution in [3.8, 4) is 0 Å². The lowest BCUT2D eigenvalue weighted by Crippen LogP contribution is -2.60. The van der Waals surface area contributed by atoms with E-state index in [1.165, 1.54) is 26.4 Å². The number of benzene rings is 3. The fraction of sp³-hybridized carbons (Fsp3) is 0.584. The molecule has 5 rings (SSSR count). The van der Waals surface area contributed by atoms with Crippen LogP contribution in [0.2, 0.25) is 0 Å². The summed E-state index contributed by atoms with van der Waals surface area (Å²) in [6.45, 7) is 17.8. The summed E-state index contributed by atoms with van der Waals surface area (Å²) in [4.78, 5) is 167. The molecule has 2 aliphatic heterocycles. The molecule has 572 valence electrons. The highest BCUT2D eigenvalue weighted by atomic mass is 16.5. The predicted octanol–water partition coefficient (Wildman–Crippen LogP) is 6.81. The number of ether oxygens (including phenoxy) is 3. The molecule has 0 bridgehead atoms. The van der Waals surface area contributed by atoms with Crippen molar-refractivity contribution in [2.75, 3.05) is 65.6 Å². The number of Topliss-reactive ketones (excluding diaryl/α,β-unsaturated/α-hetero) is 1. The van der Waals surface area contributed by atoms with Gasteiger partial charge in [-0.15, -0.1) is 0 Å². The number of carbonyl (C=O) groups is 12. The van der Waals surface area contributed by atoms with Crippen LogP contribution in [0.5, 0.6) is 0 Å². The molecule has 27 heteroatoms. The number of methoxy groups -OCH3 is 2. The molecule has 0 aliphatic carbocycles. The summed E-state index contributed by atoms with van der Waals surface area (Å²) in [7, 11) is 8.45. The minimum Gasteiger partial charge on any atom is -0.444 e. The summed E-state index contributed by atoms with van der Waals surface area (Å²) in [6.07, 6.45) is 4.77. The molecule has 2 aliphatic rings. The van der Waals surface area contributed by atoms with Crippen LogP contribution in [-0.2, 0) is 81.6 Å². The van der Waals surface area contributed by atoms with Crippen LogP contribution in [0.15, 0.2) is 91.0 Å². The van der Waals surface area contributed by atoms with Gasteiger partial charge in [-0.3, -0.25) is 63.1 Å². The van der Waals surface area contributed by atoms with E-state index in [2.05, 4.69) is 37.2 Å². The molecule has 27 nitrogen and oxygen atoms in total. The van der Waals surface area contributed by atoms with Crippen LogP contribution in [-0.4, -0.2) is 200 Å². The van der Waals surface area contributed by atoms with Crippen molar-refractivity contribution in [3.05, 3.63) is 108 Å². The molecular weight excluding hydrogens is 1330 g/mol. The first kappa shape index (κ1) is 85.6. The van der Waals surface area contributed by atoms with E-state index in [1.807, 2.05) is 90.9 Å². The summed E-state index contributed by atoms with van der Waals surface area (Å²) in [5.74, 6) is -5.18. The highest BCUT2D eigenvalue weighted by molar-refractivity contribution is 6.12. The van der Waals surface area contributed by atoms with Crippen LogP contribution < -0.4 is 43.0 Å². The zero-order valence-electron chi connectivity index (χ0n) is 63.3. The Morgan fingerprint density at radius 3 is 1.83 bits per heavy atom. The Bertz CT molecular complexity index is 3360. The molecule has 12 amide bonds. The number of hydrogen-bond donors (Lipinski definition) is 8. The quantitative estimate of drug-likeness (QED) is 0.0213. The number of amides is 12. The monoisotopic (exact) mass is 1450 g/mol. The van der Waals surface area contributed by atoms with Crippen LogP contribution >= 0.6 is 0 Å². The minimum atomic E-state index is -1.09. The Morgan fingerprint density at radius 2 is 1.25 bits per heavy atom. The number of rotatable bonds is 43. The number of ketones is 1. The molecule has 0 saturated carbocycles. The van der Waals surface area contributed by atoms with Crippen molar-refractivity contribution in [1.82, 2.24) is 46.2 Å². The van der Waals surface area contributed by atoms with Crippen molar-refractivity contribution in [3.63, 3.8) is 0 Å². The van der Waals surface area contributed by atoms with E-state index in [-0.39, 0.29) is 123 Å². The average Bonchev–Trinajstić information content (AvgIpc) is 1.39. The highest BCUT2D eigenvalue weighted by Crippen LogP contribution is 2.31. The van der Waals surface area contributed by atoms with Gasteiger partial charge in [-0.1, -0.05) is 136 Å². The number of anilines is 2. The van der Waals surface area contributed by atoms with Gasteiger partial charge in [0.2, 0.25) is 41.4 Å². The van der Waals surface area contributed by atoms with Crippen LogP contribution in [0, 0.1) is 29.6 Å². The second-order valence-electron chi connectivity index (χ2n) is 28.3. The lowest BCUT2D eigenvalue weighted by Gasteiger charge is -2.41. The number of likely N-dealkylation sites (tertiary alicyclic amines) is 1. The standard InChI is InChI=1S/C77H114N12O15/c1-15-49(7)67(85-74(98)68(48(5)6)86(10)11)75(99)87(12)69(50(8)16-2)61(102-13)45-65(94)88-42-24-28-59(88)70(103-14)51(9)71(95)83-58(43-52-25-19-17-20-26-52)60(90)44-53-30-34-56(35-31-53)81-77(101)104-46-54-32-36-55(37-33-54)80-72(96)57(27-23-40-79-76(78)100)82-73(97)66(47(3)4)84-62(91)29-21-18-22-41-89-63(92)38-39-64(89)93/h17,19-20,25-26,30-39,47-51,57-59,61,66-70H,15-16,18,21-24,27-29,40-46H2,1-14H3,(H,80,96)(H,81,101)(H,82,97)(H,83,95)(H,84,91)(H,85,98)(H3,78,79,100)/t49-,50+,51-,57+,58+,59+,61-,66+,67+,68+,69+,70-/m1/s1. The largest absolute Gasteiger partial charge is 0.444 e. The van der Waals surface area contributed by atoms with Crippen LogP contribution in [0.25, 0.3) is 0 Å². The first-order valence-corrected chi connectivity index (χ1v) is 36.5. The summed E-state index contributed by atoms with van der Waals surface area (Å²) in [5.41, 5.74) is 8.00. The first-order valence-electron chi connectivity index (χ1n) is 36.5. The average molecular weight is 1450 g/mol.